The van der Waals surface area contributed by atoms with Crippen LogP contribution in [-0.2, 0) is 11.2 Å². The largest absolute Gasteiger partial charge is 0.496 e. The summed E-state index contributed by atoms with van der Waals surface area (Å²) in [5.41, 5.74) is 3.37. The molecule has 0 saturated carbocycles. The maximum absolute atomic E-state index is 13.2. The lowest BCUT2D eigenvalue weighted by atomic mass is 10.1. The number of imidazole rings is 1. The molecule has 0 aliphatic carbocycles. The molecule has 2 aromatic heterocycles. The van der Waals surface area contributed by atoms with E-state index in [9.17, 15) is 9.18 Å². The van der Waals surface area contributed by atoms with Crippen LogP contribution in [-0.4, -0.2) is 22.4 Å². The van der Waals surface area contributed by atoms with E-state index in [1.165, 1.54) is 23.5 Å². The van der Waals surface area contributed by atoms with Crippen LogP contribution in [0.3, 0.4) is 0 Å². The van der Waals surface area contributed by atoms with E-state index in [2.05, 4.69) is 10.3 Å². The van der Waals surface area contributed by atoms with Crippen LogP contribution in [0.1, 0.15) is 24.2 Å². The smallest absolute Gasteiger partial charge is 0.226 e. The van der Waals surface area contributed by atoms with Gasteiger partial charge in [-0.15, -0.1) is 11.3 Å². The molecular formula is C22H20FN3O2S. The summed E-state index contributed by atoms with van der Waals surface area (Å²) in [6.45, 7) is 1.93. The molecule has 29 heavy (non-hydrogen) atoms. The molecule has 1 N–H and O–H groups in total. The number of ether oxygens (including phenoxy) is 1. The normalized spacial score (nSPS) is 12.1. The first-order chi connectivity index (χ1) is 14.0. The molecule has 4 aromatic rings. The minimum atomic E-state index is -0.281. The Balaban J connectivity index is 1.50. The second-order valence-electron chi connectivity index (χ2n) is 6.72. The fourth-order valence-corrected chi connectivity index (χ4v) is 4.15. The van der Waals surface area contributed by atoms with Gasteiger partial charge in [-0.05, 0) is 37.3 Å². The third-order valence-corrected chi connectivity index (χ3v) is 5.64. The number of nitrogens with zero attached hydrogens (tertiary/aromatic N) is 2. The minimum absolute atomic E-state index is 0.0832. The summed E-state index contributed by atoms with van der Waals surface area (Å²) in [4.78, 5) is 18.0. The Kier molecular flexibility index (Phi) is 5.31. The Hall–Kier alpha value is -3.19. The van der Waals surface area contributed by atoms with Gasteiger partial charge in [0.05, 0.1) is 25.3 Å². The van der Waals surface area contributed by atoms with Crippen molar-refractivity contribution in [3.63, 3.8) is 0 Å². The molecule has 0 radical (unpaired) electrons. The molecule has 0 bridgehead atoms. The minimum Gasteiger partial charge on any atom is -0.496 e. The van der Waals surface area contributed by atoms with E-state index in [1.807, 2.05) is 47.2 Å². The molecule has 5 nitrogen and oxygen atoms in total. The number of para-hydroxylation sites is 1. The first-order valence-corrected chi connectivity index (χ1v) is 10.1. The van der Waals surface area contributed by atoms with Crippen molar-refractivity contribution in [2.45, 2.75) is 19.4 Å². The molecule has 0 spiro atoms. The van der Waals surface area contributed by atoms with Crippen molar-refractivity contribution in [3.05, 3.63) is 77.2 Å². The van der Waals surface area contributed by atoms with Gasteiger partial charge in [0.2, 0.25) is 5.91 Å². The van der Waals surface area contributed by atoms with Crippen molar-refractivity contribution >= 4 is 22.2 Å². The van der Waals surface area contributed by atoms with Gasteiger partial charge >= 0.3 is 0 Å². The molecule has 2 heterocycles. The van der Waals surface area contributed by atoms with Gasteiger partial charge in [-0.3, -0.25) is 9.20 Å². The number of amides is 1. The second kappa shape index (κ2) is 8.05. The van der Waals surface area contributed by atoms with Gasteiger partial charge in [0.25, 0.3) is 0 Å². The molecule has 1 atom stereocenters. The SMILES string of the molecule is COc1ccccc1C(C)NC(=O)Cc1csc2nc(-c3ccc(F)cc3)cn12. The molecule has 0 saturated heterocycles. The molecule has 7 heteroatoms. The first kappa shape index (κ1) is 19.1. The Morgan fingerprint density at radius 3 is 2.76 bits per heavy atom. The van der Waals surface area contributed by atoms with Crippen molar-refractivity contribution in [3.8, 4) is 17.0 Å². The molecule has 4 rings (SSSR count). The molecule has 0 fully saturated rings. The van der Waals surface area contributed by atoms with Gasteiger partial charge in [-0.1, -0.05) is 18.2 Å². The Morgan fingerprint density at radius 1 is 1.24 bits per heavy atom. The van der Waals surface area contributed by atoms with Crippen LogP contribution in [0.2, 0.25) is 0 Å². The number of thiazole rings is 1. The van der Waals surface area contributed by atoms with Crippen LogP contribution in [0.4, 0.5) is 4.39 Å². The topological polar surface area (TPSA) is 55.6 Å². The number of nitrogens with one attached hydrogen (secondary N) is 1. The molecule has 1 unspecified atom stereocenters. The summed E-state index contributed by atoms with van der Waals surface area (Å²) < 4.78 is 20.4. The molecule has 0 aliphatic rings. The number of fused-ring (bicyclic) bond motifs is 1. The van der Waals surface area contributed by atoms with Crippen LogP contribution in [0.25, 0.3) is 16.2 Å². The number of halogens is 1. The second-order valence-corrected chi connectivity index (χ2v) is 7.56. The number of methoxy groups -OCH3 is 1. The third kappa shape index (κ3) is 4.00. The average Bonchev–Trinajstić information content (AvgIpc) is 3.30. The highest BCUT2D eigenvalue weighted by Crippen LogP contribution is 2.26. The van der Waals surface area contributed by atoms with E-state index >= 15 is 0 Å². The maximum atomic E-state index is 13.2. The highest BCUT2D eigenvalue weighted by molar-refractivity contribution is 7.15. The first-order valence-electron chi connectivity index (χ1n) is 9.19. The van der Waals surface area contributed by atoms with Crippen LogP contribution in [0.5, 0.6) is 5.75 Å². The van der Waals surface area contributed by atoms with E-state index < -0.39 is 0 Å². The van der Waals surface area contributed by atoms with E-state index in [4.69, 9.17) is 4.74 Å². The van der Waals surface area contributed by atoms with Gasteiger partial charge in [0.15, 0.2) is 4.96 Å². The van der Waals surface area contributed by atoms with Gasteiger partial charge < -0.3 is 10.1 Å². The summed E-state index contributed by atoms with van der Waals surface area (Å²) in [6.07, 6.45) is 2.12. The number of hydrogen-bond donors (Lipinski definition) is 1. The van der Waals surface area contributed by atoms with Crippen LogP contribution in [0, 0.1) is 5.82 Å². The number of aromatic nitrogens is 2. The highest BCUT2D eigenvalue weighted by atomic mass is 32.1. The number of benzene rings is 2. The lowest BCUT2D eigenvalue weighted by Crippen LogP contribution is -2.28. The summed E-state index contributed by atoms with van der Waals surface area (Å²) in [5.74, 6) is 0.383. The average molecular weight is 409 g/mol. The lowest BCUT2D eigenvalue weighted by Gasteiger charge is -2.17. The van der Waals surface area contributed by atoms with Crippen molar-refractivity contribution in [1.82, 2.24) is 14.7 Å². The third-order valence-electron chi connectivity index (χ3n) is 4.75. The Bertz CT molecular complexity index is 1150. The van der Waals surface area contributed by atoms with Gasteiger partial charge in [-0.25, -0.2) is 9.37 Å². The molecule has 2 aromatic carbocycles. The predicted octanol–water partition coefficient (Wildman–Crippen LogP) is 4.63. The number of hydrogen-bond acceptors (Lipinski definition) is 4. The van der Waals surface area contributed by atoms with Crippen molar-refractivity contribution in [2.75, 3.05) is 7.11 Å². The van der Waals surface area contributed by atoms with Gasteiger partial charge in [0.1, 0.15) is 11.6 Å². The van der Waals surface area contributed by atoms with Gasteiger partial charge in [0, 0.05) is 28.4 Å². The van der Waals surface area contributed by atoms with E-state index in [-0.39, 0.29) is 24.2 Å². The zero-order chi connectivity index (χ0) is 20.4. The number of rotatable bonds is 6. The van der Waals surface area contributed by atoms with Crippen LogP contribution < -0.4 is 10.1 Å². The van der Waals surface area contributed by atoms with Crippen LogP contribution in [0.15, 0.2) is 60.1 Å². The summed E-state index contributed by atoms with van der Waals surface area (Å²) in [6, 6.07) is 13.7. The van der Waals surface area contributed by atoms with E-state index in [0.717, 1.165) is 33.2 Å². The highest BCUT2D eigenvalue weighted by Gasteiger charge is 2.16. The molecule has 1 amide bonds. The maximum Gasteiger partial charge on any atom is 0.226 e. The zero-order valence-electron chi connectivity index (χ0n) is 16.1. The molecule has 148 valence electrons. The van der Waals surface area contributed by atoms with Crippen LogP contribution >= 0.6 is 11.3 Å². The quantitative estimate of drug-likeness (QED) is 0.505. The summed E-state index contributed by atoms with van der Waals surface area (Å²) >= 11 is 1.47. The number of carbonyl (C=O) groups is 1. The fourth-order valence-electron chi connectivity index (χ4n) is 3.28. The van der Waals surface area contributed by atoms with Gasteiger partial charge in [-0.2, -0.15) is 0 Å². The summed E-state index contributed by atoms with van der Waals surface area (Å²) in [5, 5.41) is 4.96. The van der Waals surface area contributed by atoms with Crippen molar-refractivity contribution in [1.29, 1.82) is 0 Å². The van der Waals surface area contributed by atoms with Crippen molar-refractivity contribution < 1.29 is 13.9 Å². The lowest BCUT2D eigenvalue weighted by molar-refractivity contribution is -0.121. The number of carbonyl (C=O) groups excluding carboxylic acids is 1. The Labute approximate surface area is 171 Å². The fraction of sp³-hybridized carbons (Fsp3) is 0.182. The predicted molar refractivity (Wildman–Crippen MR) is 112 cm³/mol. The van der Waals surface area contributed by atoms with E-state index in [0.29, 0.717) is 0 Å². The summed E-state index contributed by atoms with van der Waals surface area (Å²) in [7, 11) is 1.62. The standard InChI is InChI=1S/C22H20FN3O2S/c1-14(18-5-3-4-6-20(18)28-2)24-21(27)11-17-13-29-22-25-19(12-26(17)22)15-7-9-16(23)10-8-15/h3-10,12-14H,11H2,1-2H3,(H,24,27). The molecule has 0 aliphatic heterocycles. The molecular weight excluding hydrogens is 389 g/mol. The monoisotopic (exact) mass is 409 g/mol. The van der Waals surface area contributed by atoms with Crippen molar-refractivity contribution in [2.24, 2.45) is 0 Å². The Morgan fingerprint density at radius 2 is 2.00 bits per heavy atom. The zero-order valence-corrected chi connectivity index (χ0v) is 16.9. The van der Waals surface area contributed by atoms with E-state index in [1.54, 1.807) is 19.2 Å².